The lowest BCUT2D eigenvalue weighted by atomic mass is 9.91. The first kappa shape index (κ1) is 17.4. The number of benzene rings is 4. The summed E-state index contributed by atoms with van der Waals surface area (Å²) in [5, 5.41) is 3.34. The van der Waals surface area contributed by atoms with Crippen LogP contribution in [0.25, 0.3) is 33.4 Å². The van der Waals surface area contributed by atoms with Crippen molar-refractivity contribution in [2.45, 2.75) is 4.90 Å². The van der Waals surface area contributed by atoms with Gasteiger partial charge in [-0.2, -0.15) is 0 Å². The monoisotopic (exact) mass is 367 g/mol. The smallest absolute Gasteiger partial charge is 0.0424 e. The molecule has 4 aromatic rings. The predicted molar refractivity (Wildman–Crippen MR) is 120 cm³/mol. The first-order valence-electron chi connectivity index (χ1n) is 9.03. The van der Waals surface area contributed by atoms with Gasteiger partial charge in [0.15, 0.2) is 0 Å². The van der Waals surface area contributed by atoms with Crippen molar-refractivity contribution in [1.29, 1.82) is 0 Å². The highest BCUT2D eigenvalue weighted by molar-refractivity contribution is 7.80. The topological polar surface area (TPSA) is 12.0 Å². The van der Waals surface area contributed by atoms with E-state index in [1.165, 1.54) is 27.8 Å². The van der Waals surface area contributed by atoms with Crippen molar-refractivity contribution in [3.05, 3.63) is 97.1 Å². The van der Waals surface area contributed by atoms with Crippen LogP contribution in [0.5, 0.6) is 0 Å². The summed E-state index contributed by atoms with van der Waals surface area (Å²) < 4.78 is 0. The third kappa shape index (κ3) is 3.49. The summed E-state index contributed by atoms with van der Waals surface area (Å²) in [7, 11) is 1.96. The quantitative estimate of drug-likeness (QED) is 0.369. The Hall–Kier alpha value is -2.97. The van der Waals surface area contributed by atoms with Gasteiger partial charge in [-0.3, -0.25) is 0 Å². The fourth-order valence-corrected chi connectivity index (χ4v) is 3.77. The number of thiol groups is 1. The summed E-state index contributed by atoms with van der Waals surface area (Å²) in [6.07, 6.45) is 0. The van der Waals surface area contributed by atoms with E-state index >= 15 is 0 Å². The summed E-state index contributed by atoms with van der Waals surface area (Å²) in [6.45, 7) is 0. The maximum absolute atomic E-state index is 4.77. The van der Waals surface area contributed by atoms with Crippen molar-refractivity contribution in [1.82, 2.24) is 0 Å². The second kappa shape index (κ2) is 7.73. The van der Waals surface area contributed by atoms with Crippen LogP contribution in [0.4, 0.5) is 5.69 Å². The molecule has 0 heterocycles. The second-order valence-electron chi connectivity index (χ2n) is 6.44. The molecular formula is C25H21NS. The first-order valence-corrected chi connectivity index (χ1v) is 9.47. The molecule has 0 fully saturated rings. The molecule has 0 saturated heterocycles. The fraction of sp³-hybridized carbons (Fsp3) is 0.0400. The van der Waals surface area contributed by atoms with Crippen LogP contribution < -0.4 is 5.32 Å². The average molecular weight is 368 g/mol. The summed E-state index contributed by atoms with van der Waals surface area (Å²) in [4.78, 5) is 0.974. The van der Waals surface area contributed by atoms with Crippen molar-refractivity contribution in [3.8, 4) is 33.4 Å². The highest BCUT2D eigenvalue weighted by atomic mass is 32.1. The van der Waals surface area contributed by atoms with Gasteiger partial charge in [-0.1, -0.05) is 84.9 Å². The summed E-state index contributed by atoms with van der Waals surface area (Å²) >= 11 is 4.77. The standard InChI is InChI=1S/C25H21NS/c1-26-22-16-17-23(27)25(20-10-6-3-7-11-20)24(22)21-14-12-19(13-15-21)18-8-4-2-5-9-18/h2-17,26-27H,1H3. The molecule has 0 aliphatic rings. The van der Waals surface area contributed by atoms with Crippen molar-refractivity contribution in [2.75, 3.05) is 12.4 Å². The van der Waals surface area contributed by atoms with Crippen LogP contribution in [0.3, 0.4) is 0 Å². The van der Waals surface area contributed by atoms with Gasteiger partial charge in [-0.05, 0) is 34.4 Å². The molecular weight excluding hydrogens is 346 g/mol. The SMILES string of the molecule is CNc1ccc(S)c(-c2ccccc2)c1-c1ccc(-c2ccccc2)cc1. The van der Waals surface area contributed by atoms with Crippen LogP contribution in [0.15, 0.2) is 102 Å². The van der Waals surface area contributed by atoms with Gasteiger partial charge in [0.2, 0.25) is 0 Å². The van der Waals surface area contributed by atoms with Crippen molar-refractivity contribution in [2.24, 2.45) is 0 Å². The van der Waals surface area contributed by atoms with Gasteiger partial charge >= 0.3 is 0 Å². The molecule has 0 aliphatic heterocycles. The van der Waals surface area contributed by atoms with Gasteiger partial charge in [0.25, 0.3) is 0 Å². The van der Waals surface area contributed by atoms with Crippen LogP contribution in [0.1, 0.15) is 0 Å². The molecule has 0 unspecified atom stereocenters. The van der Waals surface area contributed by atoms with Gasteiger partial charge < -0.3 is 5.32 Å². The molecule has 0 atom stereocenters. The van der Waals surface area contributed by atoms with Gasteiger partial charge in [0, 0.05) is 28.8 Å². The zero-order chi connectivity index (χ0) is 18.6. The maximum atomic E-state index is 4.77. The molecule has 0 aliphatic carbocycles. The minimum atomic E-state index is 0.974. The van der Waals surface area contributed by atoms with E-state index in [0.717, 1.165) is 16.1 Å². The van der Waals surface area contributed by atoms with Crippen molar-refractivity contribution >= 4 is 18.3 Å². The van der Waals surface area contributed by atoms with E-state index in [0.29, 0.717) is 0 Å². The Morgan fingerprint density at radius 1 is 0.519 bits per heavy atom. The molecule has 0 saturated carbocycles. The highest BCUT2D eigenvalue weighted by Gasteiger charge is 2.15. The molecule has 27 heavy (non-hydrogen) atoms. The Morgan fingerprint density at radius 2 is 1.00 bits per heavy atom. The van der Waals surface area contributed by atoms with E-state index < -0.39 is 0 Å². The molecule has 4 rings (SSSR count). The van der Waals surface area contributed by atoms with E-state index in [4.69, 9.17) is 12.6 Å². The predicted octanol–water partition coefficient (Wildman–Crippen LogP) is 7.02. The van der Waals surface area contributed by atoms with Crippen LogP contribution in [-0.4, -0.2) is 7.05 Å². The molecule has 0 radical (unpaired) electrons. The number of hydrogen-bond donors (Lipinski definition) is 2. The Labute approximate surface area is 166 Å². The Kier molecular flexibility index (Phi) is 4.99. The number of nitrogens with one attached hydrogen (secondary N) is 1. The lowest BCUT2D eigenvalue weighted by Crippen LogP contribution is -1.96. The summed E-state index contributed by atoms with van der Waals surface area (Å²) in [5.41, 5.74) is 8.21. The zero-order valence-electron chi connectivity index (χ0n) is 15.2. The van der Waals surface area contributed by atoms with Gasteiger partial charge in [0.05, 0.1) is 0 Å². The van der Waals surface area contributed by atoms with Gasteiger partial charge in [-0.25, -0.2) is 0 Å². The Balaban J connectivity index is 1.87. The summed E-state index contributed by atoms with van der Waals surface area (Å²) in [5.74, 6) is 0. The number of rotatable bonds is 4. The average Bonchev–Trinajstić information content (AvgIpc) is 2.75. The molecule has 2 heteroatoms. The van der Waals surface area contributed by atoms with Crippen molar-refractivity contribution in [3.63, 3.8) is 0 Å². The van der Waals surface area contributed by atoms with Crippen molar-refractivity contribution < 1.29 is 0 Å². The van der Waals surface area contributed by atoms with E-state index in [2.05, 4.69) is 90.2 Å². The fourth-order valence-electron chi connectivity index (χ4n) is 3.46. The number of anilines is 1. The number of hydrogen-bond acceptors (Lipinski definition) is 2. The van der Waals surface area contributed by atoms with Gasteiger partial charge in [0.1, 0.15) is 0 Å². The molecule has 0 amide bonds. The molecule has 0 aromatic heterocycles. The van der Waals surface area contributed by atoms with E-state index in [-0.39, 0.29) is 0 Å². The summed E-state index contributed by atoms with van der Waals surface area (Å²) in [6, 6.07) is 33.8. The highest BCUT2D eigenvalue weighted by Crippen LogP contribution is 2.42. The van der Waals surface area contributed by atoms with Gasteiger partial charge in [-0.15, -0.1) is 12.6 Å². The maximum Gasteiger partial charge on any atom is 0.0424 e. The molecule has 0 bridgehead atoms. The minimum Gasteiger partial charge on any atom is -0.388 e. The Bertz CT molecular complexity index is 1040. The molecule has 1 nitrogen and oxygen atoms in total. The molecule has 1 N–H and O–H groups in total. The normalized spacial score (nSPS) is 10.6. The van der Waals surface area contributed by atoms with E-state index in [1.54, 1.807) is 0 Å². The lowest BCUT2D eigenvalue weighted by Gasteiger charge is -2.18. The largest absolute Gasteiger partial charge is 0.388 e. The third-order valence-electron chi connectivity index (χ3n) is 4.80. The molecule has 0 spiro atoms. The minimum absolute atomic E-state index is 0.974. The molecule has 4 aromatic carbocycles. The zero-order valence-corrected chi connectivity index (χ0v) is 16.1. The van der Waals surface area contributed by atoms with E-state index in [1.807, 2.05) is 19.2 Å². The van der Waals surface area contributed by atoms with Crippen LogP contribution >= 0.6 is 12.6 Å². The second-order valence-corrected chi connectivity index (χ2v) is 6.92. The van der Waals surface area contributed by atoms with Crippen LogP contribution in [0.2, 0.25) is 0 Å². The Morgan fingerprint density at radius 3 is 1.59 bits per heavy atom. The first-order chi connectivity index (χ1) is 13.3. The van der Waals surface area contributed by atoms with Crippen LogP contribution in [0, 0.1) is 0 Å². The van der Waals surface area contributed by atoms with Crippen LogP contribution in [-0.2, 0) is 0 Å². The third-order valence-corrected chi connectivity index (χ3v) is 5.17. The molecule has 132 valence electrons. The van der Waals surface area contributed by atoms with E-state index in [9.17, 15) is 0 Å². The lowest BCUT2D eigenvalue weighted by molar-refractivity contribution is 1.41.